The molecule has 0 bridgehead atoms. The van der Waals surface area contributed by atoms with Gasteiger partial charge in [-0.2, -0.15) is 13.2 Å². The molecule has 0 spiro atoms. The molecule has 0 aliphatic heterocycles. The lowest BCUT2D eigenvalue weighted by Crippen LogP contribution is -2.35. The Hall–Kier alpha value is -1.43. The van der Waals surface area contributed by atoms with E-state index < -0.39 is 12.7 Å². The van der Waals surface area contributed by atoms with Gasteiger partial charge in [-0.3, -0.25) is 0 Å². The molecule has 0 aliphatic carbocycles. The highest BCUT2D eigenvalue weighted by Crippen LogP contribution is 2.29. The second kappa shape index (κ2) is 6.65. The van der Waals surface area contributed by atoms with Gasteiger partial charge in [0.1, 0.15) is 12.3 Å². The molecule has 19 heavy (non-hydrogen) atoms. The van der Waals surface area contributed by atoms with Crippen molar-refractivity contribution in [2.45, 2.75) is 26.1 Å². The Balaban J connectivity index is 3.12. The van der Waals surface area contributed by atoms with Crippen molar-refractivity contribution in [1.82, 2.24) is 0 Å². The van der Waals surface area contributed by atoms with Crippen LogP contribution in [0.2, 0.25) is 0 Å². The van der Waals surface area contributed by atoms with Crippen LogP contribution in [0.5, 0.6) is 5.75 Å². The Bertz CT molecular complexity index is 407. The van der Waals surface area contributed by atoms with Crippen LogP contribution in [0.3, 0.4) is 0 Å². The van der Waals surface area contributed by atoms with Gasteiger partial charge in [0, 0.05) is 24.8 Å². The molecular weight excluding hydrogens is 257 g/mol. The normalized spacial score (nSPS) is 11.5. The molecule has 0 aliphatic rings. The molecule has 0 unspecified atom stereocenters. The predicted octanol–water partition coefficient (Wildman–Crippen LogP) is 2.93. The lowest BCUT2D eigenvalue weighted by atomic mass is 10.1. The van der Waals surface area contributed by atoms with Crippen molar-refractivity contribution in [3.63, 3.8) is 0 Å². The molecule has 0 radical (unpaired) electrons. The van der Waals surface area contributed by atoms with Gasteiger partial charge in [0.25, 0.3) is 0 Å². The van der Waals surface area contributed by atoms with Gasteiger partial charge in [-0.1, -0.05) is 13.0 Å². The van der Waals surface area contributed by atoms with Gasteiger partial charge in [0.05, 0.1) is 7.11 Å². The zero-order valence-corrected chi connectivity index (χ0v) is 11.1. The van der Waals surface area contributed by atoms with E-state index >= 15 is 0 Å². The summed E-state index contributed by atoms with van der Waals surface area (Å²) in [5.41, 5.74) is 6.76. The van der Waals surface area contributed by atoms with Crippen LogP contribution < -0.4 is 15.4 Å². The highest BCUT2D eigenvalue weighted by atomic mass is 19.4. The van der Waals surface area contributed by atoms with Gasteiger partial charge in [-0.25, -0.2) is 0 Å². The Morgan fingerprint density at radius 3 is 2.47 bits per heavy atom. The average molecular weight is 276 g/mol. The van der Waals surface area contributed by atoms with Crippen LogP contribution in [0.15, 0.2) is 18.2 Å². The predicted molar refractivity (Wildman–Crippen MR) is 69.4 cm³/mol. The van der Waals surface area contributed by atoms with Crippen LogP contribution in [-0.2, 0) is 6.54 Å². The Morgan fingerprint density at radius 1 is 1.32 bits per heavy atom. The summed E-state index contributed by atoms with van der Waals surface area (Å²) >= 11 is 0. The van der Waals surface area contributed by atoms with Crippen LogP contribution in [0.4, 0.5) is 18.9 Å². The molecule has 0 aromatic heterocycles. The summed E-state index contributed by atoms with van der Waals surface area (Å²) in [6.07, 6.45) is -3.62. The number of rotatable bonds is 6. The summed E-state index contributed by atoms with van der Waals surface area (Å²) in [5.74, 6) is 0.524. The fourth-order valence-corrected chi connectivity index (χ4v) is 1.91. The Kier molecular flexibility index (Phi) is 5.47. The van der Waals surface area contributed by atoms with Crippen LogP contribution in [0.1, 0.15) is 18.9 Å². The topological polar surface area (TPSA) is 38.5 Å². The maximum Gasteiger partial charge on any atom is 0.405 e. The van der Waals surface area contributed by atoms with E-state index in [0.29, 0.717) is 30.0 Å². The molecule has 1 aromatic rings. The number of methoxy groups -OCH3 is 1. The highest BCUT2D eigenvalue weighted by Gasteiger charge is 2.31. The summed E-state index contributed by atoms with van der Waals surface area (Å²) in [4.78, 5) is 1.30. The smallest absolute Gasteiger partial charge is 0.405 e. The first-order valence-electron chi connectivity index (χ1n) is 6.10. The lowest BCUT2D eigenvalue weighted by Gasteiger charge is -2.28. The molecule has 1 rings (SSSR count). The number of halogens is 3. The molecule has 6 heteroatoms. The third kappa shape index (κ3) is 4.63. The first-order valence-corrected chi connectivity index (χ1v) is 6.10. The standard InChI is InChI=1S/C13H19F3N2O/c1-3-6-18(9-13(14,15)16)12-7-11(19-2)5-4-10(12)8-17/h4-5,7H,3,6,8-9,17H2,1-2H3. The van der Waals surface area contributed by atoms with E-state index in [9.17, 15) is 13.2 Å². The molecule has 0 atom stereocenters. The molecule has 108 valence electrons. The number of nitrogens with zero attached hydrogens (tertiary/aromatic N) is 1. The molecule has 0 amide bonds. The van der Waals surface area contributed by atoms with Crippen LogP contribution in [0.25, 0.3) is 0 Å². The van der Waals surface area contributed by atoms with Gasteiger partial charge < -0.3 is 15.4 Å². The molecule has 0 fully saturated rings. The van der Waals surface area contributed by atoms with Crippen molar-refractivity contribution < 1.29 is 17.9 Å². The number of hydrogen-bond acceptors (Lipinski definition) is 3. The maximum atomic E-state index is 12.6. The van der Waals surface area contributed by atoms with E-state index in [2.05, 4.69) is 0 Å². The van der Waals surface area contributed by atoms with Crippen LogP contribution in [-0.4, -0.2) is 26.4 Å². The molecule has 0 heterocycles. The average Bonchev–Trinajstić information content (AvgIpc) is 2.36. The van der Waals surface area contributed by atoms with E-state index in [4.69, 9.17) is 10.5 Å². The van der Waals surface area contributed by atoms with Gasteiger partial charge in [-0.05, 0) is 18.1 Å². The van der Waals surface area contributed by atoms with Crippen molar-refractivity contribution in [2.75, 3.05) is 25.1 Å². The molecule has 1 aromatic carbocycles. The quantitative estimate of drug-likeness (QED) is 0.868. The third-order valence-electron chi connectivity index (χ3n) is 2.72. The molecule has 0 saturated carbocycles. The minimum Gasteiger partial charge on any atom is -0.497 e. The lowest BCUT2D eigenvalue weighted by molar-refractivity contribution is -0.119. The van der Waals surface area contributed by atoms with Gasteiger partial charge >= 0.3 is 6.18 Å². The highest BCUT2D eigenvalue weighted by molar-refractivity contribution is 5.57. The second-order valence-electron chi connectivity index (χ2n) is 4.24. The molecular formula is C13H19F3N2O. The largest absolute Gasteiger partial charge is 0.497 e. The number of alkyl halides is 3. The minimum atomic E-state index is -4.25. The van der Waals surface area contributed by atoms with E-state index in [1.807, 2.05) is 6.92 Å². The summed E-state index contributed by atoms with van der Waals surface area (Å²) in [6.45, 7) is 1.36. The van der Waals surface area contributed by atoms with E-state index in [1.165, 1.54) is 12.0 Å². The first kappa shape index (κ1) is 15.6. The summed E-state index contributed by atoms with van der Waals surface area (Å²) < 4.78 is 42.9. The van der Waals surface area contributed by atoms with Crippen molar-refractivity contribution in [1.29, 1.82) is 0 Å². The second-order valence-corrected chi connectivity index (χ2v) is 4.24. The fourth-order valence-electron chi connectivity index (χ4n) is 1.91. The van der Waals surface area contributed by atoms with Crippen LogP contribution in [0, 0.1) is 0 Å². The van der Waals surface area contributed by atoms with E-state index in [0.717, 1.165) is 0 Å². The van der Waals surface area contributed by atoms with Crippen molar-refractivity contribution >= 4 is 5.69 Å². The maximum absolute atomic E-state index is 12.6. The zero-order chi connectivity index (χ0) is 14.5. The minimum absolute atomic E-state index is 0.192. The van der Waals surface area contributed by atoms with Crippen molar-refractivity contribution in [3.05, 3.63) is 23.8 Å². The SMILES string of the molecule is CCCN(CC(F)(F)F)c1cc(OC)ccc1CN. The Morgan fingerprint density at radius 2 is 2.00 bits per heavy atom. The number of nitrogens with two attached hydrogens (primary N) is 1. The van der Waals surface area contributed by atoms with Crippen molar-refractivity contribution in [2.24, 2.45) is 5.73 Å². The van der Waals surface area contributed by atoms with Crippen molar-refractivity contribution in [3.8, 4) is 5.75 Å². The fraction of sp³-hybridized carbons (Fsp3) is 0.538. The third-order valence-corrected chi connectivity index (χ3v) is 2.72. The number of ether oxygens (including phenoxy) is 1. The number of benzene rings is 1. The molecule has 0 saturated heterocycles. The van der Waals surface area contributed by atoms with Gasteiger partial charge in [0.2, 0.25) is 0 Å². The number of hydrogen-bond donors (Lipinski definition) is 1. The summed E-state index contributed by atoms with van der Waals surface area (Å²) in [6, 6.07) is 5.00. The van der Waals surface area contributed by atoms with Crippen LogP contribution >= 0.6 is 0 Å². The monoisotopic (exact) mass is 276 g/mol. The zero-order valence-electron chi connectivity index (χ0n) is 11.1. The molecule has 3 nitrogen and oxygen atoms in total. The Labute approximate surface area is 111 Å². The summed E-state index contributed by atoms with van der Waals surface area (Å²) in [7, 11) is 1.48. The van der Waals surface area contributed by atoms with Gasteiger partial charge in [0.15, 0.2) is 0 Å². The number of anilines is 1. The first-order chi connectivity index (χ1) is 8.91. The van der Waals surface area contributed by atoms with Gasteiger partial charge in [-0.15, -0.1) is 0 Å². The summed E-state index contributed by atoms with van der Waals surface area (Å²) in [5, 5.41) is 0. The van der Waals surface area contributed by atoms with E-state index in [-0.39, 0.29) is 6.54 Å². The molecule has 2 N–H and O–H groups in total. The van der Waals surface area contributed by atoms with E-state index in [1.54, 1.807) is 18.2 Å².